The highest BCUT2D eigenvalue weighted by atomic mass is 32.2. The molecule has 9 nitrogen and oxygen atoms in total. The first-order chi connectivity index (χ1) is 13.5. The van der Waals surface area contributed by atoms with Gasteiger partial charge in [0, 0.05) is 19.2 Å². The molecule has 1 aromatic carbocycles. The Bertz CT molecular complexity index is 876. The monoisotopic (exact) mass is 403 g/mol. The largest absolute Gasteiger partial charge is 0.378 e. The number of benzene rings is 1. The summed E-state index contributed by atoms with van der Waals surface area (Å²) in [6.45, 7) is 1.43. The van der Waals surface area contributed by atoms with Gasteiger partial charge in [-0.25, -0.2) is 0 Å². The predicted molar refractivity (Wildman–Crippen MR) is 102 cm³/mol. The third-order valence-corrected chi connectivity index (χ3v) is 5.11. The van der Waals surface area contributed by atoms with Crippen LogP contribution < -0.4 is 0 Å². The highest BCUT2D eigenvalue weighted by molar-refractivity contribution is 8.18. The zero-order valence-electron chi connectivity index (χ0n) is 14.8. The summed E-state index contributed by atoms with van der Waals surface area (Å²) in [6.07, 6.45) is 4.38. The third kappa shape index (κ3) is 4.46. The topological polar surface area (TPSA) is 110 Å². The second-order valence-electron chi connectivity index (χ2n) is 5.96. The second kappa shape index (κ2) is 8.81. The smallest absolute Gasteiger partial charge is 0.294 e. The van der Waals surface area contributed by atoms with Gasteiger partial charge in [0.15, 0.2) is 0 Å². The highest BCUT2D eigenvalue weighted by Gasteiger charge is 2.37. The van der Waals surface area contributed by atoms with Gasteiger partial charge in [0.25, 0.3) is 16.8 Å². The van der Waals surface area contributed by atoms with Crippen LogP contribution in [0.4, 0.5) is 10.5 Å². The number of amides is 3. The summed E-state index contributed by atoms with van der Waals surface area (Å²) in [4.78, 5) is 50.0. The van der Waals surface area contributed by atoms with Crippen LogP contribution in [0.3, 0.4) is 0 Å². The fraction of sp³-hybridized carbons (Fsp3) is 0.278. The van der Waals surface area contributed by atoms with Gasteiger partial charge >= 0.3 is 0 Å². The lowest BCUT2D eigenvalue weighted by Gasteiger charge is -2.27. The molecule has 2 aliphatic heterocycles. The van der Waals surface area contributed by atoms with Crippen molar-refractivity contribution >= 4 is 40.6 Å². The summed E-state index contributed by atoms with van der Waals surface area (Å²) in [5.74, 6) is -0.855. The summed E-state index contributed by atoms with van der Waals surface area (Å²) in [6, 6.07) is 6.18. The number of carbonyl (C=O) groups excluding carboxylic acids is 3. The van der Waals surface area contributed by atoms with E-state index in [1.807, 2.05) is 0 Å². The Hall–Kier alpha value is -2.98. The standard InChI is InChI=1S/C18H17N3O6S/c22-16(19-8-10-27-11-9-19)12-20-17(23)15(28-18(20)24)7-3-5-13-4-1-2-6-14(13)21(25)26/h1-7H,8-12H2/b5-3+,15-7-. The molecule has 146 valence electrons. The minimum atomic E-state index is -0.552. The lowest BCUT2D eigenvalue weighted by atomic mass is 10.1. The van der Waals surface area contributed by atoms with Crippen LogP contribution in [0.25, 0.3) is 6.08 Å². The molecule has 1 aromatic rings. The van der Waals surface area contributed by atoms with E-state index in [-0.39, 0.29) is 23.0 Å². The number of hydrogen-bond donors (Lipinski definition) is 0. The fourth-order valence-corrected chi connectivity index (χ4v) is 3.52. The average molecular weight is 403 g/mol. The molecular formula is C18H17N3O6S. The van der Waals surface area contributed by atoms with Crippen LogP contribution in [0.5, 0.6) is 0 Å². The molecule has 0 atom stereocenters. The van der Waals surface area contributed by atoms with E-state index in [0.29, 0.717) is 31.9 Å². The first kappa shape index (κ1) is 19.8. The van der Waals surface area contributed by atoms with E-state index in [4.69, 9.17) is 4.74 Å². The van der Waals surface area contributed by atoms with Gasteiger partial charge in [-0.05, 0) is 30.0 Å². The highest BCUT2D eigenvalue weighted by Crippen LogP contribution is 2.30. The number of imide groups is 1. The SMILES string of the molecule is O=C(CN1C(=O)S/C(=C\C=C\c2ccccc2[N+](=O)[O-])C1=O)N1CCOCC1. The van der Waals surface area contributed by atoms with Crippen molar-refractivity contribution < 1.29 is 24.0 Å². The van der Waals surface area contributed by atoms with Crippen molar-refractivity contribution in [2.24, 2.45) is 0 Å². The van der Waals surface area contributed by atoms with Crippen LogP contribution in [-0.2, 0) is 14.3 Å². The van der Waals surface area contributed by atoms with Gasteiger partial charge in [-0.2, -0.15) is 0 Å². The molecule has 3 amide bonds. The number of nitro benzene ring substituents is 1. The molecule has 0 aliphatic carbocycles. The van der Waals surface area contributed by atoms with Crippen molar-refractivity contribution in [1.29, 1.82) is 0 Å². The maximum absolute atomic E-state index is 12.4. The van der Waals surface area contributed by atoms with E-state index in [1.165, 1.54) is 24.3 Å². The molecule has 0 aromatic heterocycles. The van der Waals surface area contributed by atoms with Gasteiger partial charge in [0.1, 0.15) is 6.54 Å². The number of allylic oxidation sites excluding steroid dienone is 2. The molecular weight excluding hydrogens is 386 g/mol. The van der Waals surface area contributed by atoms with Gasteiger partial charge in [0.2, 0.25) is 5.91 Å². The summed E-state index contributed by atoms with van der Waals surface area (Å²) in [5.41, 5.74) is 0.321. The second-order valence-corrected chi connectivity index (χ2v) is 6.95. The van der Waals surface area contributed by atoms with Crippen LogP contribution in [0, 0.1) is 10.1 Å². The third-order valence-electron chi connectivity index (χ3n) is 4.19. The van der Waals surface area contributed by atoms with Gasteiger partial charge < -0.3 is 9.64 Å². The number of carbonyl (C=O) groups is 3. The van der Waals surface area contributed by atoms with E-state index in [0.717, 1.165) is 16.7 Å². The van der Waals surface area contributed by atoms with Crippen molar-refractivity contribution in [3.05, 3.63) is 57.0 Å². The number of thioether (sulfide) groups is 1. The van der Waals surface area contributed by atoms with Gasteiger partial charge in [0.05, 0.1) is 28.6 Å². The first-order valence-corrected chi connectivity index (χ1v) is 9.30. The first-order valence-electron chi connectivity index (χ1n) is 8.48. The van der Waals surface area contributed by atoms with Crippen LogP contribution in [0.15, 0.2) is 41.3 Å². The minimum absolute atomic E-state index is 0.0589. The number of nitro groups is 1. The van der Waals surface area contributed by atoms with Crippen molar-refractivity contribution in [3.63, 3.8) is 0 Å². The van der Waals surface area contributed by atoms with Crippen molar-refractivity contribution in [2.75, 3.05) is 32.8 Å². The van der Waals surface area contributed by atoms with Crippen LogP contribution in [0.1, 0.15) is 5.56 Å². The Kier molecular flexibility index (Phi) is 6.22. The Balaban J connectivity index is 1.67. The van der Waals surface area contributed by atoms with Crippen LogP contribution in [0.2, 0.25) is 0 Å². The quantitative estimate of drug-likeness (QED) is 0.420. The summed E-state index contributed by atoms with van der Waals surface area (Å²) < 4.78 is 5.18. The molecule has 2 saturated heterocycles. The molecule has 2 heterocycles. The van der Waals surface area contributed by atoms with Gasteiger partial charge in [-0.15, -0.1) is 0 Å². The summed E-state index contributed by atoms with van der Waals surface area (Å²) in [5, 5.41) is 10.5. The number of para-hydroxylation sites is 1. The number of morpholine rings is 1. The minimum Gasteiger partial charge on any atom is -0.378 e. The Morgan fingerprint density at radius 1 is 1.25 bits per heavy atom. The number of hydrogen-bond acceptors (Lipinski definition) is 7. The molecule has 0 saturated carbocycles. The maximum atomic E-state index is 12.4. The normalized spacial score (nSPS) is 19.1. The molecule has 3 rings (SSSR count). The molecule has 10 heteroatoms. The summed E-state index contributed by atoms with van der Waals surface area (Å²) >= 11 is 0.734. The molecule has 0 bridgehead atoms. The van der Waals surface area contributed by atoms with Crippen LogP contribution >= 0.6 is 11.8 Å². The predicted octanol–water partition coefficient (Wildman–Crippen LogP) is 2.05. The van der Waals surface area contributed by atoms with E-state index in [2.05, 4.69) is 0 Å². The molecule has 2 aliphatic rings. The lowest BCUT2D eigenvalue weighted by Crippen LogP contribution is -2.46. The van der Waals surface area contributed by atoms with Crippen molar-refractivity contribution in [2.45, 2.75) is 0 Å². The van der Waals surface area contributed by atoms with Gasteiger partial charge in [-0.3, -0.25) is 29.4 Å². The fourth-order valence-electron chi connectivity index (χ4n) is 2.73. The molecule has 0 radical (unpaired) electrons. The van der Waals surface area contributed by atoms with E-state index in [1.54, 1.807) is 23.1 Å². The Morgan fingerprint density at radius 3 is 2.68 bits per heavy atom. The Labute approximate surface area is 164 Å². The number of rotatable bonds is 5. The molecule has 0 unspecified atom stereocenters. The number of ether oxygens (including phenoxy) is 1. The lowest BCUT2D eigenvalue weighted by molar-refractivity contribution is -0.385. The number of nitrogens with zero attached hydrogens (tertiary/aromatic N) is 3. The van der Waals surface area contributed by atoms with E-state index in [9.17, 15) is 24.5 Å². The molecule has 28 heavy (non-hydrogen) atoms. The molecule has 0 spiro atoms. The molecule has 2 fully saturated rings. The summed E-state index contributed by atoms with van der Waals surface area (Å²) in [7, 11) is 0. The zero-order chi connectivity index (χ0) is 20.1. The zero-order valence-corrected chi connectivity index (χ0v) is 15.6. The van der Waals surface area contributed by atoms with E-state index >= 15 is 0 Å². The Morgan fingerprint density at radius 2 is 1.96 bits per heavy atom. The van der Waals surface area contributed by atoms with Crippen LogP contribution in [-0.4, -0.2) is 64.6 Å². The van der Waals surface area contributed by atoms with Crippen molar-refractivity contribution in [3.8, 4) is 0 Å². The molecule has 0 N–H and O–H groups in total. The van der Waals surface area contributed by atoms with E-state index < -0.39 is 16.1 Å². The van der Waals surface area contributed by atoms with Gasteiger partial charge in [-0.1, -0.05) is 18.2 Å². The maximum Gasteiger partial charge on any atom is 0.294 e. The van der Waals surface area contributed by atoms with Crippen molar-refractivity contribution in [1.82, 2.24) is 9.80 Å². The average Bonchev–Trinajstić information content (AvgIpc) is 2.96.